The number of rotatable bonds is 9. The molecule has 25 heavy (non-hydrogen) atoms. The Balaban J connectivity index is 1.86. The van der Waals surface area contributed by atoms with Crippen LogP contribution in [0.2, 0.25) is 0 Å². The van der Waals surface area contributed by atoms with Crippen molar-refractivity contribution in [2.75, 3.05) is 39.6 Å². The van der Waals surface area contributed by atoms with Crippen LogP contribution in [0.25, 0.3) is 0 Å². The van der Waals surface area contributed by atoms with E-state index in [1.54, 1.807) is 13.2 Å². The molecule has 2 N–H and O–H groups in total. The Kier molecular flexibility index (Phi) is 7.16. The van der Waals surface area contributed by atoms with Crippen LogP contribution in [0.3, 0.4) is 0 Å². The van der Waals surface area contributed by atoms with Gasteiger partial charge in [0.05, 0.1) is 7.11 Å². The van der Waals surface area contributed by atoms with E-state index in [0.717, 1.165) is 24.3 Å². The summed E-state index contributed by atoms with van der Waals surface area (Å²) in [4.78, 5) is 22.4. The lowest BCUT2D eigenvalue weighted by atomic mass is 10.2. The van der Waals surface area contributed by atoms with Crippen LogP contribution in [0.15, 0.2) is 36.7 Å². The number of nitrogens with one attached hydrogen (secondary N) is 2. The molecule has 0 fully saturated rings. The zero-order valence-corrected chi connectivity index (χ0v) is 15.0. The highest BCUT2D eigenvalue weighted by molar-refractivity contribution is 5.92. The first-order chi connectivity index (χ1) is 12.1. The number of carbonyl (C=O) groups is 1. The second kappa shape index (κ2) is 9.58. The summed E-state index contributed by atoms with van der Waals surface area (Å²) in [5.74, 6) is 1.25. The molecule has 0 aliphatic carbocycles. The number of amides is 1. The molecule has 0 saturated heterocycles. The van der Waals surface area contributed by atoms with E-state index in [0.29, 0.717) is 24.6 Å². The maximum absolute atomic E-state index is 12.1. The van der Waals surface area contributed by atoms with Crippen molar-refractivity contribution in [1.29, 1.82) is 0 Å². The zero-order valence-electron chi connectivity index (χ0n) is 15.0. The van der Waals surface area contributed by atoms with Gasteiger partial charge in [0, 0.05) is 19.2 Å². The number of hydrogen-bond acceptors (Lipinski definition) is 6. The van der Waals surface area contributed by atoms with Gasteiger partial charge in [-0.1, -0.05) is 12.1 Å². The van der Waals surface area contributed by atoms with Gasteiger partial charge in [0.1, 0.15) is 23.6 Å². The lowest BCUT2D eigenvalue weighted by molar-refractivity contribution is 0.0947. The van der Waals surface area contributed by atoms with Crippen molar-refractivity contribution in [3.63, 3.8) is 0 Å². The van der Waals surface area contributed by atoms with Crippen LogP contribution in [-0.4, -0.2) is 55.1 Å². The average Bonchev–Trinajstić information content (AvgIpc) is 2.64. The minimum atomic E-state index is -0.186. The van der Waals surface area contributed by atoms with E-state index in [-0.39, 0.29) is 5.91 Å². The van der Waals surface area contributed by atoms with Crippen molar-refractivity contribution >= 4 is 11.7 Å². The first-order valence-electron chi connectivity index (χ1n) is 8.20. The van der Waals surface area contributed by atoms with E-state index in [9.17, 15) is 4.79 Å². The third-order valence-electron chi connectivity index (χ3n) is 3.60. The van der Waals surface area contributed by atoms with Crippen LogP contribution in [0.5, 0.6) is 5.75 Å². The number of nitrogens with zero attached hydrogens (tertiary/aromatic N) is 3. The lowest BCUT2D eigenvalue weighted by Crippen LogP contribution is -2.27. The van der Waals surface area contributed by atoms with Crippen molar-refractivity contribution in [3.05, 3.63) is 47.9 Å². The predicted octanol–water partition coefficient (Wildman–Crippen LogP) is 1.78. The van der Waals surface area contributed by atoms with Gasteiger partial charge in [-0.15, -0.1) is 0 Å². The minimum absolute atomic E-state index is 0.186. The zero-order chi connectivity index (χ0) is 18.1. The van der Waals surface area contributed by atoms with Gasteiger partial charge >= 0.3 is 0 Å². The number of carbonyl (C=O) groups excluding carboxylic acids is 1. The van der Waals surface area contributed by atoms with Crippen molar-refractivity contribution < 1.29 is 9.53 Å². The molecule has 0 spiro atoms. The molecular formula is C18H25N5O2. The van der Waals surface area contributed by atoms with E-state index >= 15 is 0 Å². The van der Waals surface area contributed by atoms with Gasteiger partial charge in [0.15, 0.2) is 0 Å². The summed E-state index contributed by atoms with van der Waals surface area (Å²) in [6.07, 6.45) is 2.29. The van der Waals surface area contributed by atoms with Crippen LogP contribution in [0.1, 0.15) is 22.5 Å². The highest BCUT2D eigenvalue weighted by atomic mass is 16.5. The Morgan fingerprint density at radius 2 is 1.96 bits per heavy atom. The second-order valence-corrected chi connectivity index (χ2v) is 5.90. The van der Waals surface area contributed by atoms with E-state index < -0.39 is 0 Å². The molecule has 0 atom stereocenters. The van der Waals surface area contributed by atoms with Crippen LogP contribution in [0.4, 0.5) is 5.82 Å². The smallest absolute Gasteiger partial charge is 0.270 e. The summed E-state index contributed by atoms with van der Waals surface area (Å²) >= 11 is 0. The van der Waals surface area contributed by atoms with Gasteiger partial charge in [-0.05, 0) is 44.8 Å². The fourth-order valence-corrected chi connectivity index (χ4v) is 2.20. The van der Waals surface area contributed by atoms with Gasteiger partial charge in [-0.25, -0.2) is 9.97 Å². The summed E-state index contributed by atoms with van der Waals surface area (Å²) in [7, 11) is 5.65. The van der Waals surface area contributed by atoms with Gasteiger partial charge in [0.25, 0.3) is 5.91 Å². The lowest BCUT2D eigenvalue weighted by Gasteiger charge is -2.10. The number of methoxy groups -OCH3 is 1. The molecule has 0 aliphatic rings. The summed E-state index contributed by atoms with van der Waals surface area (Å²) in [6.45, 7) is 2.15. The molecular weight excluding hydrogens is 318 g/mol. The molecule has 0 radical (unpaired) electrons. The molecule has 2 rings (SSSR count). The molecule has 0 aliphatic heterocycles. The number of aromatic nitrogens is 2. The highest BCUT2D eigenvalue weighted by Crippen LogP contribution is 2.13. The van der Waals surface area contributed by atoms with Crippen molar-refractivity contribution in [2.45, 2.75) is 13.0 Å². The van der Waals surface area contributed by atoms with Gasteiger partial charge < -0.3 is 20.3 Å². The van der Waals surface area contributed by atoms with E-state index in [1.807, 2.05) is 38.4 Å². The van der Waals surface area contributed by atoms with Crippen molar-refractivity contribution in [3.8, 4) is 5.75 Å². The Morgan fingerprint density at radius 1 is 1.20 bits per heavy atom. The summed E-state index contributed by atoms with van der Waals surface area (Å²) < 4.78 is 5.14. The molecule has 7 nitrogen and oxygen atoms in total. The maximum atomic E-state index is 12.1. The van der Waals surface area contributed by atoms with Gasteiger partial charge in [-0.3, -0.25) is 4.79 Å². The molecule has 1 aromatic carbocycles. The first kappa shape index (κ1) is 18.7. The third-order valence-corrected chi connectivity index (χ3v) is 3.60. The Labute approximate surface area is 148 Å². The fourth-order valence-electron chi connectivity index (χ4n) is 2.20. The van der Waals surface area contributed by atoms with Crippen LogP contribution < -0.4 is 15.4 Å². The summed E-state index contributed by atoms with van der Waals surface area (Å²) in [5, 5.41) is 6.07. The van der Waals surface area contributed by atoms with E-state index in [2.05, 4.69) is 25.5 Å². The number of benzene rings is 1. The van der Waals surface area contributed by atoms with Gasteiger partial charge in [0.2, 0.25) is 0 Å². The minimum Gasteiger partial charge on any atom is -0.497 e. The molecule has 0 saturated carbocycles. The monoisotopic (exact) mass is 343 g/mol. The predicted molar refractivity (Wildman–Crippen MR) is 97.9 cm³/mol. The maximum Gasteiger partial charge on any atom is 0.270 e. The molecule has 1 aromatic heterocycles. The van der Waals surface area contributed by atoms with Crippen LogP contribution >= 0.6 is 0 Å². The van der Waals surface area contributed by atoms with Gasteiger partial charge in [-0.2, -0.15) is 0 Å². The van der Waals surface area contributed by atoms with Crippen LogP contribution in [0, 0.1) is 0 Å². The summed E-state index contributed by atoms with van der Waals surface area (Å²) in [6, 6.07) is 9.43. The largest absolute Gasteiger partial charge is 0.497 e. The fraction of sp³-hybridized carbons (Fsp3) is 0.389. The standard InChI is InChI=1S/C18H25N5O2/c1-23(2)10-4-9-19-18(24)16-11-17(22-13-21-16)20-12-14-5-7-15(25-3)8-6-14/h5-8,11,13H,4,9-10,12H2,1-3H3,(H,19,24)(H,20,21,22). The summed E-state index contributed by atoms with van der Waals surface area (Å²) in [5.41, 5.74) is 1.45. The van der Waals surface area contributed by atoms with E-state index in [1.165, 1.54) is 6.33 Å². The molecule has 0 bridgehead atoms. The Bertz CT molecular complexity index is 673. The quantitative estimate of drug-likeness (QED) is 0.676. The Hall–Kier alpha value is -2.67. The average molecular weight is 343 g/mol. The second-order valence-electron chi connectivity index (χ2n) is 5.90. The Morgan fingerprint density at radius 3 is 2.64 bits per heavy atom. The molecule has 0 unspecified atom stereocenters. The number of hydrogen-bond donors (Lipinski definition) is 2. The number of anilines is 1. The first-order valence-corrected chi connectivity index (χ1v) is 8.20. The SMILES string of the molecule is COc1ccc(CNc2cc(C(=O)NCCCN(C)C)ncn2)cc1. The third kappa shape index (κ3) is 6.39. The molecule has 1 heterocycles. The van der Waals surface area contributed by atoms with Crippen molar-refractivity contribution in [1.82, 2.24) is 20.2 Å². The van der Waals surface area contributed by atoms with E-state index in [4.69, 9.17) is 4.74 Å². The number of ether oxygens (including phenoxy) is 1. The highest BCUT2D eigenvalue weighted by Gasteiger charge is 2.08. The topological polar surface area (TPSA) is 79.4 Å². The molecule has 7 heteroatoms. The molecule has 2 aromatic rings. The van der Waals surface area contributed by atoms with Crippen LogP contribution in [-0.2, 0) is 6.54 Å². The molecule has 134 valence electrons. The normalized spacial score (nSPS) is 10.6. The molecule has 1 amide bonds. The van der Waals surface area contributed by atoms with Crippen molar-refractivity contribution in [2.24, 2.45) is 0 Å².